The molecule has 0 aliphatic heterocycles. The van der Waals surface area contributed by atoms with Gasteiger partial charge in [-0.1, -0.05) is 38.1 Å². The van der Waals surface area contributed by atoms with Crippen molar-refractivity contribution in [1.82, 2.24) is 19.8 Å². The number of rotatable bonds is 14. The lowest BCUT2D eigenvalue weighted by atomic mass is 9.94. The van der Waals surface area contributed by atoms with Crippen LogP contribution >= 0.6 is 0 Å². The highest BCUT2D eigenvalue weighted by molar-refractivity contribution is 5.72. The first-order valence-electron chi connectivity index (χ1n) is 14.3. The fraction of sp³-hybridized carbons (Fsp3) is 0.485. The number of likely N-dealkylation sites (N-methyl/N-ethyl adjacent to an activating group) is 1. The minimum absolute atomic E-state index is 0.0123. The third kappa shape index (κ3) is 8.86. The molecule has 3 aromatic rings. The van der Waals surface area contributed by atoms with Gasteiger partial charge in [-0.25, -0.2) is 0 Å². The van der Waals surface area contributed by atoms with Crippen LogP contribution in [0.1, 0.15) is 68.0 Å². The Morgan fingerprint density at radius 3 is 2.48 bits per heavy atom. The van der Waals surface area contributed by atoms with Crippen LogP contribution in [-0.4, -0.2) is 54.2 Å². The van der Waals surface area contributed by atoms with Gasteiger partial charge >= 0.3 is 5.97 Å². The fourth-order valence-electron chi connectivity index (χ4n) is 5.20. The first-order valence-corrected chi connectivity index (χ1v) is 14.3. The highest BCUT2D eigenvalue weighted by atomic mass is 16.5. The molecule has 0 amide bonds. The average molecular weight is 547 g/mol. The highest BCUT2D eigenvalue weighted by Crippen LogP contribution is 2.29. The molecule has 216 valence electrons. The number of hydrogen-bond acceptors (Lipinski definition) is 6. The van der Waals surface area contributed by atoms with Crippen LogP contribution in [0.25, 0.3) is 11.1 Å². The summed E-state index contributed by atoms with van der Waals surface area (Å²) < 4.78 is 7.19. The van der Waals surface area contributed by atoms with E-state index < -0.39 is 0 Å². The smallest absolute Gasteiger partial charge is 0.307 e. The van der Waals surface area contributed by atoms with Gasteiger partial charge in [0.15, 0.2) is 0 Å². The van der Waals surface area contributed by atoms with Crippen molar-refractivity contribution in [3.63, 3.8) is 0 Å². The maximum atomic E-state index is 13.0. The molecule has 0 radical (unpaired) electrons. The molecule has 0 aliphatic rings. The summed E-state index contributed by atoms with van der Waals surface area (Å²) in [4.78, 5) is 32.4. The minimum atomic E-state index is -0.307. The first-order chi connectivity index (χ1) is 19.1. The molecule has 0 aliphatic carbocycles. The zero-order valence-electron chi connectivity index (χ0n) is 25.2. The highest BCUT2D eigenvalue weighted by Gasteiger charge is 2.22. The number of hydrogen-bond donors (Lipinski definition) is 1. The van der Waals surface area contributed by atoms with Crippen LogP contribution < -0.4 is 10.9 Å². The van der Waals surface area contributed by atoms with Gasteiger partial charge in [0.05, 0.1) is 13.0 Å². The molecule has 0 saturated carbocycles. The van der Waals surface area contributed by atoms with Crippen molar-refractivity contribution in [2.24, 2.45) is 5.92 Å². The predicted molar refractivity (Wildman–Crippen MR) is 163 cm³/mol. The van der Waals surface area contributed by atoms with E-state index in [1.165, 1.54) is 11.1 Å². The Kier molecular flexibility index (Phi) is 11.6. The van der Waals surface area contributed by atoms with E-state index in [1.54, 1.807) is 6.07 Å². The summed E-state index contributed by atoms with van der Waals surface area (Å²) in [6.45, 7) is 12.1. The van der Waals surface area contributed by atoms with Crippen molar-refractivity contribution in [3.05, 3.63) is 87.6 Å². The van der Waals surface area contributed by atoms with Gasteiger partial charge in [-0.05, 0) is 87.5 Å². The zero-order valence-corrected chi connectivity index (χ0v) is 25.2. The van der Waals surface area contributed by atoms with E-state index in [1.807, 2.05) is 36.1 Å². The Bertz CT molecular complexity index is 1290. The molecule has 2 aromatic heterocycles. The van der Waals surface area contributed by atoms with Crippen LogP contribution in [0.3, 0.4) is 0 Å². The molecular weight excluding hydrogens is 500 g/mol. The third-order valence-electron chi connectivity index (χ3n) is 7.19. The predicted octanol–water partition coefficient (Wildman–Crippen LogP) is 5.50. The molecule has 40 heavy (non-hydrogen) atoms. The van der Waals surface area contributed by atoms with E-state index in [-0.39, 0.29) is 30.0 Å². The molecule has 2 heterocycles. The third-order valence-corrected chi connectivity index (χ3v) is 7.19. The van der Waals surface area contributed by atoms with Crippen molar-refractivity contribution in [1.29, 1.82) is 0 Å². The van der Waals surface area contributed by atoms with Gasteiger partial charge in [-0.2, -0.15) is 0 Å². The van der Waals surface area contributed by atoms with E-state index in [0.29, 0.717) is 19.1 Å². The Labute approximate surface area is 239 Å². The van der Waals surface area contributed by atoms with Gasteiger partial charge in [-0.3, -0.25) is 14.6 Å². The van der Waals surface area contributed by atoms with Crippen molar-refractivity contribution in [2.45, 2.75) is 66.0 Å². The van der Waals surface area contributed by atoms with Crippen LogP contribution in [0.5, 0.6) is 0 Å². The van der Waals surface area contributed by atoms with Crippen LogP contribution in [0.2, 0.25) is 0 Å². The first kappa shape index (κ1) is 31.2. The number of nitrogens with zero attached hydrogens (tertiary/aromatic N) is 3. The fourth-order valence-corrected chi connectivity index (χ4v) is 5.20. The second-order valence-corrected chi connectivity index (χ2v) is 11.4. The van der Waals surface area contributed by atoms with Gasteiger partial charge < -0.3 is 19.5 Å². The normalized spacial score (nSPS) is 13.0. The molecule has 2 atom stereocenters. The van der Waals surface area contributed by atoms with Gasteiger partial charge in [0, 0.05) is 55.4 Å². The van der Waals surface area contributed by atoms with E-state index in [9.17, 15) is 9.59 Å². The number of aryl methyl sites for hydroxylation is 2. The lowest BCUT2D eigenvalue weighted by Crippen LogP contribution is -2.35. The summed E-state index contributed by atoms with van der Waals surface area (Å²) in [6.07, 6.45) is 7.58. The van der Waals surface area contributed by atoms with Crippen molar-refractivity contribution < 1.29 is 9.53 Å². The number of nitrogens with one attached hydrogen (secondary N) is 1. The Morgan fingerprint density at radius 1 is 1.10 bits per heavy atom. The molecule has 0 saturated heterocycles. The van der Waals surface area contributed by atoms with E-state index in [4.69, 9.17) is 4.74 Å². The largest absolute Gasteiger partial charge is 0.466 e. The van der Waals surface area contributed by atoms with E-state index in [0.717, 1.165) is 41.6 Å². The van der Waals surface area contributed by atoms with Crippen molar-refractivity contribution in [3.8, 4) is 11.1 Å². The standard InChI is InChI=1S/C33H46N4O3/c1-8-40-32(39)18-30(27-17-28(20-34-19-27)33-24(4)10-9-11-25(33)5)35-21-29(16-23(2)3)37-22-26(12-13-31(37)38)14-15-36(6)7/h9-13,17,19-20,22-23,29-30,35H,8,14-16,18,21H2,1-7H3/t29-,30?/m0/s1. The number of aromatic nitrogens is 2. The maximum absolute atomic E-state index is 13.0. The molecule has 0 spiro atoms. The Hall–Kier alpha value is -3.29. The Morgan fingerprint density at radius 2 is 1.82 bits per heavy atom. The van der Waals surface area contributed by atoms with Crippen molar-refractivity contribution >= 4 is 5.97 Å². The van der Waals surface area contributed by atoms with Gasteiger partial charge in [-0.15, -0.1) is 0 Å². The minimum Gasteiger partial charge on any atom is -0.466 e. The summed E-state index contributed by atoms with van der Waals surface area (Å²) in [5.74, 6) is 0.127. The topological polar surface area (TPSA) is 76.5 Å². The van der Waals surface area contributed by atoms with Crippen LogP contribution in [0.4, 0.5) is 0 Å². The van der Waals surface area contributed by atoms with E-state index in [2.05, 4.69) is 81.3 Å². The van der Waals surface area contributed by atoms with Crippen LogP contribution in [0, 0.1) is 19.8 Å². The Balaban J connectivity index is 1.93. The average Bonchev–Trinajstić information content (AvgIpc) is 2.90. The summed E-state index contributed by atoms with van der Waals surface area (Å²) in [6, 6.07) is 11.6. The molecule has 1 N–H and O–H groups in total. The zero-order chi connectivity index (χ0) is 29.2. The van der Waals surface area contributed by atoms with Crippen LogP contribution in [-0.2, 0) is 16.0 Å². The maximum Gasteiger partial charge on any atom is 0.307 e. The quantitative estimate of drug-likeness (QED) is 0.269. The van der Waals surface area contributed by atoms with Crippen molar-refractivity contribution in [2.75, 3.05) is 33.8 Å². The summed E-state index contributed by atoms with van der Waals surface area (Å²) in [5.41, 5.74) is 6.58. The second kappa shape index (κ2) is 14.9. The SMILES string of the molecule is CCOC(=O)CC(NC[C@H](CC(C)C)n1cc(CCN(C)C)ccc1=O)c1cncc(-c2c(C)cccc2C)c1. The van der Waals surface area contributed by atoms with E-state index >= 15 is 0 Å². The molecular formula is C33H46N4O3. The molecule has 0 bridgehead atoms. The summed E-state index contributed by atoms with van der Waals surface area (Å²) in [5, 5.41) is 3.63. The van der Waals surface area contributed by atoms with Gasteiger partial charge in [0.1, 0.15) is 0 Å². The lowest BCUT2D eigenvalue weighted by molar-refractivity contribution is -0.143. The molecule has 0 fully saturated rings. The summed E-state index contributed by atoms with van der Waals surface area (Å²) >= 11 is 0. The summed E-state index contributed by atoms with van der Waals surface area (Å²) in [7, 11) is 4.10. The molecule has 7 heteroatoms. The van der Waals surface area contributed by atoms with Gasteiger partial charge in [0.25, 0.3) is 5.56 Å². The second-order valence-electron chi connectivity index (χ2n) is 11.4. The number of pyridine rings is 2. The van der Waals surface area contributed by atoms with Crippen LogP contribution in [0.15, 0.2) is 59.8 Å². The number of ether oxygens (including phenoxy) is 1. The number of esters is 1. The number of benzene rings is 1. The molecule has 3 rings (SSSR count). The number of carbonyl (C=O) groups excluding carboxylic acids is 1. The molecule has 1 unspecified atom stereocenters. The monoisotopic (exact) mass is 546 g/mol. The van der Waals surface area contributed by atoms with Gasteiger partial charge in [0.2, 0.25) is 0 Å². The number of carbonyl (C=O) groups is 1. The lowest BCUT2D eigenvalue weighted by Gasteiger charge is -2.26. The molecule has 1 aromatic carbocycles. The molecule has 7 nitrogen and oxygen atoms in total.